The van der Waals surface area contributed by atoms with Gasteiger partial charge in [0.1, 0.15) is 5.82 Å². The van der Waals surface area contributed by atoms with E-state index in [2.05, 4.69) is 15.5 Å². The number of nitrogens with one attached hydrogen (secondary N) is 2. The number of rotatable bonds is 2. The Morgan fingerprint density at radius 2 is 2.20 bits per heavy atom. The molecule has 0 bridgehead atoms. The van der Waals surface area contributed by atoms with Crippen LogP contribution < -0.4 is 5.32 Å². The van der Waals surface area contributed by atoms with Gasteiger partial charge in [-0.15, -0.1) is 0 Å². The van der Waals surface area contributed by atoms with Crippen LogP contribution in [0.25, 0.3) is 0 Å². The molecule has 5 heteroatoms. The van der Waals surface area contributed by atoms with Crippen LogP contribution in [0.5, 0.6) is 0 Å². The second-order valence-electron chi connectivity index (χ2n) is 3.97. The molecule has 0 unspecified atom stereocenters. The molecule has 0 aliphatic heterocycles. The summed E-state index contributed by atoms with van der Waals surface area (Å²) < 4.78 is 0. The monoisotopic (exact) mass is 209 g/mol. The molecule has 0 spiro atoms. The SMILES string of the molecule is O=C(Nc1ccn[nH]1)C1CCC(O)CC1. The number of aromatic nitrogens is 2. The van der Waals surface area contributed by atoms with Crippen molar-refractivity contribution in [3.05, 3.63) is 12.3 Å². The van der Waals surface area contributed by atoms with Gasteiger partial charge in [0.25, 0.3) is 0 Å². The predicted octanol–water partition coefficient (Wildman–Crippen LogP) is 0.899. The van der Waals surface area contributed by atoms with Gasteiger partial charge in [0.05, 0.1) is 12.3 Å². The fourth-order valence-electron chi connectivity index (χ4n) is 1.90. The number of carbonyl (C=O) groups is 1. The Bertz CT molecular complexity index is 315. The number of aliphatic hydroxyl groups excluding tert-OH is 1. The third-order valence-electron chi connectivity index (χ3n) is 2.83. The van der Waals surface area contributed by atoms with Gasteiger partial charge in [0.15, 0.2) is 0 Å². The van der Waals surface area contributed by atoms with E-state index in [1.807, 2.05) is 0 Å². The standard InChI is InChI=1S/C10H15N3O2/c14-8-3-1-7(2-4-8)10(15)12-9-5-6-11-13-9/h5-8,14H,1-4H2,(H2,11,12,13,15). The molecule has 3 N–H and O–H groups in total. The van der Waals surface area contributed by atoms with Crippen LogP contribution in [0, 0.1) is 5.92 Å². The Labute approximate surface area is 87.9 Å². The third-order valence-corrected chi connectivity index (χ3v) is 2.83. The molecular weight excluding hydrogens is 194 g/mol. The maximum atomic E-state index is 11.7. The number of aromatic amines is 1. The quantitative estimate of drug-likeness (QED) is 0.677. The van der Waals surface area contributed by atoms with E-state index in [0.29, 0.717) is 5.82 Å². The van der Waals surface area contributed by atoms with Gasteiger partial charge in [-0.1, -0.05) is 0 Å². The van der Waals surface area contributed by atoms with Crippen molar-refractivity contribution >= 4 is 11.7 Å². The zero-order chi connectivity index (χ0) is 10.7. The van der Waals surface area contributed by atoms with Gasteiger partial charge in [-0.25, -0.2) is 0 Å². The molecule has 1 aromatic rings. The van der Waals surface area contributed by atoms with Crippen LogP contribution in [-0.4, -0.2) is 27.3 Å². The molecule has 1 amide bonds. The van der Waals surface area contributed by atoms with Crippen LogP contribution >= 0.6 is 0 Å². The van der Waals surface area contributed by atoms with Crippen LogP contribution in [0.15, 0.2) is 12.3 Å². The summed E-state index contributed by atoms with van der Waals surface area (Å²) in [6, 6.07) is 1.72. The fraction of sp³-hybridized carbons (Fsp3) is 0.600. The largest absolute Gasteiger partial charge is 0.393 e. The van der Waals surface area contributed by atoms with Crippen molar-refractivity contribution in [1.82, 2.24) is 10.2 Å². The summed E-state index contributed by atoms with van der Waals surface area (Å²) >= 11 is 0. The second-order valence-corrected chi connectivity index (χ2v) is 3.97. The molecule has 0 aromatic carbocycles. The maximum absolute atomic E-state index is 11.7. The summed E-state index contributed by atoms with van der Waals surface area (Å²) in [6.45, 7) is 0. The van der Waals surface area contributed by atoms with Gasteiger partial charge in [0, 0.05) is 12.0 Å². The molecule has 1 aromatic heterocycles. The van der Waals surface area contributed by atoms with Crippen molar-refractivity contribution in [3.8, 4) is 0 Å². The minimum Gasteiger partial charge on any atom is -0.393 e. The molecule has 82 valence electrons. The summed E-state index contributed by atoms with van der Waals surface area (Å²) in [6.07, 6.45) is 4.35. The molecule has 1 fully saturated rings. The first kappa shape index (κ1) is 10.2. The summed E-state index contributed by atoms with van der Waals surface area (Å²) in [7, 11) is 0. The van der Waals surface area contributed by atoms with Crippen molar-refractivity contribution in [2.45, 2.75) is 31.8 Å². The summed E-state index contributed by atoms with van der Waals surface area (Å²) in [5.74, 6) is 0.675. The van der Waals surface area contributed by atoms with Gasteiger partial charge in [-0.3, -0.25) is 9.89 Å². The van der Waals surface area contributed by atoms with Gasteiger partial charge in [-0.05, 0) is 25.7 Å². The average Bonchev–Trinajstić information content (AvgIpc) is 2.71. The molecule has 5 nitrogen and oxygen atoms in total. The van der Waals surface area contributed by atoms with Crippen molar-refractivity contribution in [2.24, 2.45) is 5.92 Å². The lowest BCUT2D eigenvalue weighted by Gasteiger charge is -2.24. The number of hydrogen-bond acceptors (Lipinski definition) is 3. The molecule has 0 atom stereocenters. The minimum absolute atomic E-state index is 0.0196. The van der Waals surface area contributed by atoms with E-state index in [0.717, 1.165) is 25.7 Å². The molecule has 1 aliphatic carbocycles. The van der Waals surface area contributed by atoms with E-state index in [-0.39, 0.29) is 17.9 Å². The number of carbonyl (C=O) groups excluding carboxylic acids is 1. The lowest BCUT2D eigenvalue weighted by Crippen LogP contribution is -2.28. The Morgan fingerprint density at radius 3 is 2.80 bits per heavy atom. The van der Waals surface area contributed by atoms with Crippen LogP contribution in [-0.2, 0) is 4.79 Å². The van der Waals surface area contributed by atoms with Crippen molar-refractivity contribution in [3.63, 3.8) is 0 Å². The molecule has 2 rings (SSSR count). The van der Waals surface area contributed by atoms with E-state index in [1.54, 1.807) is 12.3 Å². The number of nitrogens with zero attached hydrogens (tertiary/aromatic N) is 1. The Balaban J connectivity index is 1.86. The maximum Gasteiger partial charge on any atom is 0.228 e. The van der Waals surface area contributed by atoms with Crippen molar-refractivity contribution in [2.75, 3.05) is 5.32 Å². The van der Waals surface area contributed by atoms with E-state index in [9.17, 15) is 9.90 Å². The zero-order valence-corrected chi connectivity index (χ0v) is 8.44. The molecular formula is C10H15N3O2. The Morgan fingerprint density at radius 1 is 1.47 bits per heavy atom. The highest BCUT2D eigenvalue weighted by Gasteiger charge is 2.25. The normalized spacial score (nSPS) is 26.2. The zero-order valence-electron chi connectivity index (χ0n) is 8.44. The average molecular weight is 209 g/mol. The van der Waals surface area contributed by atoms with Crippen LogP contribution in [0.4, 0.5) is 5.82 Å². The number of amides is 1. The van der Waals surface area contributed by atoms with Crippen LogP contribution in [0.3, 0.4) is 0 Å². The van der Waals surface area contributed by atoms with Gasteiger partial charge in [-0.2, -0.15) is 5.10 Å². The highest BCUT2D eigenvalue weighted by molar-refractivity contribution is 5.91. The first-order chi connectivity index (χ1) is 7.25. The van der Waals surface area contributed by atoms with Crippen molar-refractivity contribution < 1.29 is 9.90 Å². The Hall–Kier alpha value is -1.36. The smallest absolute Gasteiger partial charge is 0.228 e. The summed E-state index contributed by atoms with van der Waals surface area (Å²) in [4.78, 5) is 11.7. The first-order valence-corrected chi connectivity index (χ1v) is 5.24. The van der Waals surface area contributed by atoms with E-state index >= 15 is 0 Å². The Kier molecular flexibility index (Phi) is 3.01. The molecule has 0 radical (unpaired) electrons. The van der Waals surface area contributed by atoms with Crippen molar-refractivity contribution in [1.29, 1.82) is 0 Å². The highest BCUT2D eigenvalue weighted by atomic mass is 16.3. The third kappa shape index (κ3) is 2.56. The van der Waals surface area contributed by atoms with Crippen LogP contribution in [0.2, 0.25) is 0 Å². The fourth-order valence-corrected chi connectivity index (χ4v) is 1.90. The molecule has 1 aliphatic rings. The van der Waals surface area contributed by atoms with Gasteiger partial charge in [0.2, 0.25) is 5.91 Å². The van der Waals surface area contributed by atoms with Gasteiger partial charge < -0.3 is 10.4 Å². The topological polar surface area (TPSA) is 78.0 Å². The lowest BCUT2D eigenvalue weighted by atomic mass is 9.87. The van der Waals surface area contributed by atoms with Gasteiger partial charge >= 0.3 is 0 Å². The molecule has 1 heterocycles. The van der Waals surface area contributed by atoms with Crippen LogP contribution in [0.1, 0.15) is 25.7 Å². The summed E-state index contributed by atoms with van der Waals surface area (Å²) in [5.41, 5.74) is 0. The molecule has 1 saturated carbocycles. The second kappa shape index (κ2) is 4.44. The van der Waals surface area contributed by atoms with E-state index in [4.69, 9.17) is 0 Å². The summed E-state index contributed by atoms with van der Waals surface area (Å²) in [5, 5.41) is 18.5. The van der Waals surface area contributed by atoms with E-state index < -0.39 is 0 Å². The predicted molar refractivity (Wildman–Crippen MR) is 55.2 cm³/mol. The molecule has 15 heavy (non-hydrogen) atoms. The number of anilines is 1. The number of aliphatic hydroxyl groups is 1. The number of hydrogen-bond donors (Lipinski definition) is 3. The minimum atomic E-state index is -0.221. The highest BCUT2D eigenvalue weighted by Crippen LogP contribution is 2.25. The molecule has 0 saturated heterocycles. The van der Waals surface area contributed by atoms with E-state index in [1.165, 1.54) is 0 Å². The first-order valence-electron chi connectivity index (χ1n) is 5.24. The lowest BCUT2D eigenvalue weighted by molar-refractivity contribution is -0.121. The number of H-pyrrole nitrogens is 1.